The summed E-state index contributed by atoms with van der Waals surface area (Å²) in [7, 11) is 5.10. The second kappa shape index (κ2) is 11.6. The summed E-state index contributed by atoms with van der Waals surface area (Å²) < 4.78 is 0. The third-order valence-electron chi connectivity index (χ3n) is 8.85. The fraction of sp³-hybridized carbons (Fsp3) is 0.438. The average Bonchev–Trinajstić information content (AvgIpc) is 3.59. The molecule has 39 heavy (non-hydrogen) atoms. The standard InChI is InChI=1S/C32H42N2O3P2/c1-22-19-23(2)27(21-34-18-10-16-29(34)32(37,38)39)30(35)26(22)20-33-17-9-15-28(33)31(36,24-11-5-3-6-12-24)25-13-7-4-8-14-25/h3-8,11-14,19,28-29,35-37H,9-10,15-18,20-21,38-39H2,1-2H3/t28-,29-/m0/s1. The summed E-state index contributed by atoms with van der Waals surface area (Å²) in [6.45, 7) is 7.05. The number of nitrogens with zero attached hydrogens (tertiary/aromatic N) is 2. The molecule has 0 bridgehead atoms. The lowest BCUT2D eigenvalue weighted by molar-refractivity contribution is -0.00680. The summed E-state index contributed by atoms with van der Waals surface area (Å²) in [5, 5.41) is 33.9. The number of likely N-dealkylation sites (tertiary alicyclic amines) is 2. The second-order valence-corrected chi connectivity index (χ2v) is 14.0. The molecule has 0 spiro atoms. The van der Waals surface area contributed by atoms with Crippen LogP contribution in [0.3, 0.4) is 0 Å². The zero-order valence-electron chi connectivity index (χ0n) is 23.1. The van der Waals surface area contributed by atoms with E-state index in [1.54, 1.807) is 0 Å². The Bertz CT molecular complexity index is 1240. The highest BCUT2D eigenvalue weighted by molar-refractivity contribution is 7.39. The Balaban J connectivity index is 1.48. The maximum atomic E-state index is 12.5. The monoisotopic (exact) mass is 564 g/mol. The van der Waals surface area contributed by atoms with Gasteiger partial charge in [0, 0.05) is 36.3 Å². The summed E-state index contributed by atoms with van der Waals surface area (Å²) in [4.78, 5) is 4.63. The molecule has 208 valence electrons. The van der Waals surface area contributed by atoms with Crippen molar-refractivity contribution in [2.75, 3.05) is 13.1 Å². The summed E-state index contributed by atoms with van der Waals surface area (Å²) in [5.74, 6) is 0.350. The molecular formula is C32H42N2O3P2. The molecule has 2 aliphatic rings. The summed E-state index contributed by atoms with van der Waals surface area (Å²) in [5.41, 5.74) is 4.60. The van der Waals surface area contributed by atoms with E-state index in [1.165, 1.54) is 0 Å². The highest BCUT2D eigenvalue weighted by Gasteiger charge is 2.45. The van der Waals surface area contributed by atoms with Gasteiger partial charge in [-0.15, -0.1) is 0 Å². The number of phenols is 1. The van der Waals surface area contributed by atoms with E-state index < -0.39 is 10.7 Å². The van der Waals surface area contributed by atoms with Crippen molar-refractivity contribution < 1.29 is 15.3 Å². The van der Waals surface area contributed by atoms with E-state index in [1.807, 2.05) is 60.7 Å². The molecule has 0 aromatic heterocycles. The normalized spacial score (nSPS) is 21.1. The van der Waals surface area contributed by atoms with E-state index in [0.29, 0.717) is 18.8 Å². The van der Waals surface area contributed by atoms with Crippen molar-refractivity contribution in [3.05, 3.63) is 100 Å². The molecule has 0 saturated carbocycles. The van der Waals surface area contributed by atoms with Crippen LogP contribution in [0.5, 0.6) is 5.75 Å². The molecule has 2 unspecified atom stereocenters. The minimum atomic E-state index is -1.17. The van der Waals surface area contributed by atoms with Crippen molar-refractivity contribution in [3.63, 3.8) is 0 Å². The van der Waals surface area contributed by atoms with Crippen LogP contribution in [0.2, 0.25) is 0 Å². The number of benzene rings is 3. The first kappa shape index (κ1) is 28.7. The molecule has 2 heterocycles. The van der Waals surface area contributed by atoms with Gasteiger partial charge in [0.05, 0.1) is 0 Å². The predicted molar refractivity (Wildman–Crippen MR) is 165 cm³/mol. The third-order valence-corrected chi connectivity index (χ3v) is 9.62. The molecule has 0 aliphatic carbocycles. The van der Waals surface area contributed by atoms with Gasteiger partial charge in [-0.25, -0.2) is 0 Å². The molecule has 4 atom stereocenters. The Morgan fingerprint density at radius 1 is 0.744 bits per heavy atom. The zero-order chi connectivity index (χ0) is 27.8. The Hall–Kier alpha value is -1.84. The van der Waals surface area contributed by atoms with Gasteiger partial charge in [-0.2, -0.15) is 0 Å². The van der Waals surface area contributed by atoms with Gasteiger partial charge < -0.3 is 15.3 Å². The SMILES string of the molecule is Cc1cc(C)c(CN2CCC[C@H]2C(O)(c2ccccc2)c2ccccc2)c(O)c1CN1CCC[C@H]1C(O)(P)P. The van der Waals surface area contributed by atoms with Crippen molar-refractivity contribution in [1.82, 2.24) is 9.80 Å². The van der Waals surface area contributed by atoms with Gasteiger partial charge in [-0.05, 0) is 74.9 Å². The highest BCUT2D eigenvalue weighted by Crippen LogP contribution is 2.43. The van der Waals surface area contributed by atoms with Gasteiger partial charge in [0.2, 0.25) is 0 Å². The topological polar surface area (TPSA) is 67.2 Å². The molecule has 0 amide bonds. The number of aromatic hydroxyl groups is 1. The van der Waals surface area contributed by atoms with Crippen molar-refractivity contribution in [2.24, 2.45) is 0 Å². The Kier molecular flexibility index (Phi) is 8.51. The van der Waals surface area contributed by atoms with Crippen LogP contribution in [0.25, 0.3) is 0 Å². The molecule has 3 aromatic carbocycles. The quantitative estimate of drug-likeness (QED) is 0.326. The van der Waals surface area contributed by atoms with Crippen molar-refractivity contribution in [3.8, 4) is 5.75 Å². The van der Waals surface area contributed by atoms with Crippen LogP contribution in [-0.4, -0.2) is 55.4 Å². The van der Waals surface area contributed by atoms with Crippen LogP contribution < -0.4 is 0 Å². The lowest BCUT2D eigenvalue weighted by Crippen LogP contribution is -2.48. The minimum absolute atomic E-state index is 0.00534. The van der Waals surface area contributed by atoms with Crippen molar-refractivity contribution in [1.29, 1.82) is 0 Å². The van der Waals surface area contributed by atoms with Crippen LogP contribution in [0.1, 0.15) is 59.1 Å². The van der Waals surface area contributed by atoms with E-state index in [9.17, 15) is 15.3 Å². The predicted octanol–water partition coefficient (Wildman–Crippen LogP) is 5.27. The number of rotatable bonds is 8. The summed E-state index contributed by atoms with van der Waals surface area (Å²) >= 11 is 0. The smallest absolute Gasteiger partial charge is 0.130 e. The molecule has 5 nitrogen and oxygen atoms in total. The molecule has 2 aliphatic heterocycles. The van der Waals surface area contributed by atoms with E-state index in [0.717, 1.165) is 72.2 Å². The lowest BCUT2D eigenvalue weighted by Gasteiger charge is -2.40. The number of aliphatic hydroxyl groups is 2. The first-order chi connectivity index (χ1) is 18.6. The summed E-state index contributed by atoms with van der Waals surface area (Å²) in [6, 6.07) is 22.0. The maximum Gasteiger partial charge on any atom is 0.130 e. The molecule has 2 fully saturated rings. The largest absolute Gasteiger partial charge is 0.507 e. The fourth-order valence-electron chi connectivity index (χ4n) is 6.82. The first-order valence-corrected chi connectivity index (χ1v) is 15.2. The van der Waals surface area contributed by atoms with Gasteiger partial charge in [-0.3, -0.25) is 9.80 Å². The first-order valence-electron chi connectivity index (χ1n) is 14.0. The van der Waals surface area contributed by atoms with Crippen molar-refractivity contribution >= 4 is 18.5 Å². The van der Waals surface area contributed by atoms with E-state index >= 15 is 0 Å². The minimum Gasteiger partial charge on any atom is -0.507 e. The van der Waals surface area contributed by atoms with Crippen LogP contribution in [0.4, 0.5) is 0 Å². The molecule has 3 aromatic rings. The summed E-state index contributed by atoms with van der Waals surface area (Å²) in [6.07, 6.45) is 3.81. The third kappa shape index (κ3) is 5.68. The van der Waals surface area contributed by atoms with Gasteiger partial charge in [0.25, 0.3) is 0 Å². The number of phenolic OH excluding ortho intramolecular Hbond substituents is 1. The molecule has 2 saturated heterocycles. The molecular weight excluding hydrogens is 522 g/mol. The van der Waals surface area contributed by atoms with Gasteiger partial charge in [-0.1, -0.05) is 85.2 Å². The van der Waals surface area contributed by atoms with Crippen molar-refractivity contribution in [2.45, 2.75) is 75.4 Å². The lowest BCUT2D eigenvalue weighted by atomic mass is 9.79. The molecule has 7 heteroatoms. The zero-order valence-corrected chi connectivity index (χ0v) is 25.4. The van der Waals surface area contributed by atoms with E-state index in [2.05, 4.69) is 48.2 Å². The van der Waals surface area contributed by atoms with Crippen LogP contribution in [0, 0.1) is 13.8 Å². The molecule has 0 radical (unpaired) electrons. The second-order valence-electron chi connectivity index (χ2n) is 11.5. The maximum absolute atomic E-state index is 12.5. The fourth-order valence-corrected chi connectivity index (χ4v) is 7.58. The molecule has 5 rings (SSSR count). The number of hydrogen-bond acceptors (Lipinski definition) is 5. The van der Waals surface area contributed by atoms with Gasteiger partial charge in [0.15, 0.2) is 0 Å². The van der Waals surface area contributed by atoms with Gasteiger partial charge in [0.1, 0.15) is 16.4 Å². The van der Waals surface area contributed by atoms with E-state index in [-0.39, 0.29) is 12.1 Å². The molecule has 3 N–H and O–H groups in total. The van der Waals surface area contributed by atoms with Crippen LogP contribution in [-0.2, 0) is 18.7 Å². The van der Waals surface area contributed by atoms with E-state index in [4.69, 9.17) is 0 Å². The highest BCUT2D eigenvalue weighted by atomic mass is 31.1. The van der Waals surface area contributed by atoms with Crippen LogP contribution >= 0.6 is 18.5 Å². The number of aryl methyl sites for hydroxylation is 2. The Labute approximate surface area is 237 Å². The number of hydrogen-bond donors (Lipinski definition) is 3. The Morgan fingerprint density at radius 3 is 1.64 bits per heavy atom. The van der Waals surface area contributed by atoms with Gasteiger partial charge >= 0.3 is 0 Å². The average molecular weight is 565 g/mol. The van der Waals surface area contributed by atoms with Crippen LogP contribution in [0.15, 0.2) is 66.7 Å². The Morgan fingerprint density at radius 2 is 1.18 bits per heavy atom.